The Hall–Kier alpha value is -1.67. The van der Waals surface area contributed by atoms with E-state index in [9.17, 15) is 14.4 Å². The molecule has 1 aliphatic heterocycles. The van der Waals surface area contributed by atoms with Gasteiger partial charge >= 0.3 is 17.9 Å². The molecular weight excluding hydrogens is 284 g/mol. The normalized spacial score (nSPS) is 29.1. The molecule has 0 saturated carbocycles. The van der Waals surface area contributed by atoms with Crippen molar-refractivity contribution in [1.29, 1.82) is 0 Å². The summed E-state index contributed by atoms with van der Waals surface area (Å²) in [5.41, 5.74) is 0. The fourth-order valence-electron chi connectivity index (χ4n) is 1.93. The second-order valence-corrected chi connectivity index (χ2v) is 4.65. The molecule has 0 radical (unpaired) electrons. The molecule has 4 atom stereocenters. The summed E-state index contributed by atoms with van der Waals surface area (Å²) < 4.78 is 26.0. The zero-order chi connectivity index (χ0) is 16.0. The van der Waals surface area contributed by atoms with Crippen LogP contribution in [0.15, 0.2) is 0 Å². The number of esters is 3. The molecule has 1 heterocycles. The first-order valence-electron chi connectivity index (χ1n) is 6.52. The van der Waals surface area contributed by atoms with Crippen LogP contribution in [-0.2, 0) is 38.1 Å². The second-order valence-electron chi connectivity index (χ2n) is 4.65. The molecule has 1 saturated heterocycles. The average molecular weight is 304 g/mol. The lowest BCUT2D eigenvalue weighted by atomic mass is 10.0. The van der Waals surface area contributed by atoms with Crippen molar-refractivity contribution >= 4 is 17.9 Å². The number of hydrogen-bond acceptors (Lipinski definition) is 8. The number of hydrogen-bond donors (Lipinski definition) is 0. The summed E-state index contributed by atoms with van der Waals surface area (Å²) in [6.07, 6.45) is -3.11. The molecule has 0 aromatic carbocycles. The molecule has 1 rings (SSSR count). The van der Waals surface area contributed by atoms with Crippen LogP contribution in [0.5, 0.6) is 0 Å². The topological polar surface area (TPSA) is 97.4 Å². The van der Waals surface area contributed by atoms with Gasteiger partial charge in [0.15, 0.2) is 12.2 Å². The molecule has 1 fully saturated rings. The highest BCUT2D eigenvalue weighted by Crippen LogP contribution is 2.22. The van der Waals surface area contributed by atoms with Crippen molar-refractivity contribution in [3.05, 3.63) is 0 Å². The van der Waals surface area contributed by atoms with E-state index in [1.54, 1.807) is 6.92 Å². The lowest BCUT2D eigenvalue weighted by molar-refractivity contribution is -0.181. The van der Waals surface area contributed by atoms with Gasteiger partial charge in [0.05, 0.1) is 6.10 Å². The number of ether oxygens (including phenoxy) is 5. The highest BCUT2D eigenvalue weighted by molar-refractivity contribution is 5.67. The fourth-order valence-corrected chi connectivity index (χ4v) is 1.93. The zero-order valence-corrected chi connectivity index (χ0v) is 12.5. The fraction of sp³-hybridized carbons (Fsp3) is 0.769. The summed E-state index contributed by atoms with van der Waals surface area (Å²) in [5.74, 6) is -1.61. The van der Waals surface area contributed by atoms with E-state index < -0.39 is 42.3 Å². The predicted octanol–water partition coefficient (Wildman–Crippen LogP) is 0.174. The van der Waals surface area contributed by atoms with E-state index in [-0.39, 0.29) is 13.4 Å². The van der Waals surface area contributed by atoms with Crippen molar-refractivity contribution in [3.8, 4) is 0 Å². The Morgan fingerprint density at radius 1 is 0.952 bits per heavy atom. The summed E-state index contributed by atoms with van der Waals surface area (Å²) in [7, 11) is 0. The molecule has 0 N–H and O–H groups in total. The van der Waals surface area contributed by atoms with Crippen molar-refractivity contribution < 1.29 is 38.1 Å². The number of carbonyl (C=O) groups is 3. The summed E-state index contributed by atoms with van der Waals surface area (Å²) in [4.78, 5) is 33.4. The lowest BCUT2D eigenvalue weighted by Gasteiger charge is -2.30. The Labute approximate surface area is 122 Å². The van der Waals surface area contributed by atoms with Crippen molar-refractivity contribution in [2.75, 3.05) is 13.4 Å². The molecule has 0 aromatic heterocycles. The average Bonchev–Trinajstić information content (AvgIpc) is 2.48. The Morgan fingerprint density at radius 3 is 2.05 bits per heavy atom. The van der Waals surface area contributed by atoms with E-state index in [1.165, 1.54) is 20.8 Å². The Kier molecular flexibility index (Phi) is 6.57. The van der Waals surface area contributed by atoms with E-state index in [2.05, 4.69) is 0 Å². The van der Waals surface area contributed by atoms with Crippen LogP contribution in [0.4, 0.5) is 0 Å². The molecule has 8 heteroatoms. The number of rotatable bonds is 4. The van der Waals surface area contributed by atoms with Crippen molar-refractivity contribution in [2.45, 2.75) is 52.1 Å². The maximum Gasteiger partial charge on any atom is 0.303 e. The van der Waals surface area contributed by atoms with Gasteiger partial charge in [0.25, 0.3) is 0 Å². The summed E-state index contributed by atoms with van der Waals surface area (Å²) in [5, 5.41) is 0. The molecule has 120 valence electrons. The van der Waals surface area contributed by atoms with Crippen molar-refractivity contribution in [1.82, 2.24) is 0 Å². The van der Waals surface area contributed by atoms with E-state index in [1.807, 2.05) is 0 Å². The smallest absolute Gasteiger partial charge is 0.303 e. The molecule has 0 spiro atoms. The molecule has 0 bridgehead atoms. The summed E-state index contributed by atoms with van der Waals surface area (Å²) in [6.45, 7) is 5.15. The third-order valence-corrected chi connectivity index (χ3v) is 2.82. The molecule has 21 heavy (non-hydrogen) atoms. The van der Waals surface area contributed by atoms with Crippen LogP contribution in [-0.4, -0.2) is 55.7 Å². The standard InChI is InChI=1S/C13H20O8/c1-7-12(20-9(3)15)13(21-10(4)16)11(19-6-18-7)5-17-8(2)14/h7,11-13H,5-6H2,1-4H3/t7-,11+,12-,13-/m1/s1. The van der Waals surface area contributed by atoms with Gasteiger partial charge in [-0.2, -0.15) is 0 Å². The van der Waals surface area contributed by atoms with Crippen molar-refractivity contribution in [2.24, 2.45) is 0 Å². The summed E-state index contributed by atoms with van der Waals surface area (Å²) in [6, 6.07) is 0. The van der Waals surface area contributed by atoms with Crippen LogP contribution in [0, 0.1) is 0 Å². The minimum atomic E-state index is -0.928. The monoisotopic (exact) mass is 304 g/mol. The van der Waals surface area contributed by atoms with Gasteiger partial charge in [-0.15, -0.1) is 0 Å². The molecule has 0 aliphatic carbocycles. The Balaban J connectivity index is 2.93. The van der Waals surface area contributed by atoms with Gasteiger partial charge in [0, 0.05) is 20.8 Å². The van der Waals surface area contributed by atoms with Crippen LogP contribution in [0.3, 0.4) is 0 Å². The zero-order valence-electron chi connectivity index (χ0n) is 12.5. The van der Waals surface area contributed by atoms with Gasteiger partial charge in [-0.25, -0.2) is 0 Å². The Bertz CT molecular complexity index is 394. The Morgan fingerprint density at radius 2 is 1.52 bits per heavy atom. The molecule has 0 unspecified atom stereocenters. The third kappa shape index (κ3) is 5.68. The molecule has 0 amide bonds. The van der Waals surface area contributed by atoms with E-state index >= 15 is 0 Å². The van der Waals surface area contributed by atoms with Gasteiger partial charge < -0.3 is 23.7 Å². The first kappa shape index (κ1) is 17.4. The van der Waals surface area contributed by atoms with E-state index in [4.69, 9.17) is 23.7 Å². The maximum absolute atomic E-state index is 11.3. The van der Waals surface area contributed by atoms with Crippen LogP contribution < -0.4 is 0 Å². The van der Waals surface area contributed by atoms with E-state index in [0.717, 1.165) is 0 Å². The second kappa shape index (κ2) is 7.94. The highest BCUT2D eigenvalue weighted by Gasteiger charge is 2.42. The van der Waals surface area contributed by atoms with Gasteiger partial charge in [0.2, 0.25) is 0 Å². The van der Waals surface area contributed by atoms with Gasteiger partial charge in [-0.3, -0.25) is 14.4 Å². The first-order chi connectivity index (χ1) is 9.81. The van der Waals surface area contributed by atoms with Crippen molar-refractivity contribution in [3.63, 3.8) is 0 Å². The highest BCUT2D eigenvalue weighted by atomic mass is 16.7. The SMILES string of the molecule is CC(=O)OC[C@@H]1OCO[C@H](C)[C@@H](OC(C)=O)[C@@H]1OC(C)=O. The predicted molar refractivity (Wildman–Crippen MR) is 68.0 cm³/mol. The van der Waals surface area contributed by atoms with Crippen LogP contribution >= 0.6 is 0 Å². The third-order valence-electron chi connectivity index (χ3n) is 2.82. The maximum atomic E-state index is 11.3. The summed E-state index contributed by atoms with van der Waals surface area (Å²) >= 11 is 0. The van der Waals surface area contributed by atoms with Gasteiger partial charge in [-0.1, -0.05) is 0 Å². The molecule has 1 aliphatic rings. The molecular formula is C13H20O8. The molecule has 8 nitrogen and oxygen atoms in total. The minimum Gasteiger partial charge on any atom is -0.463 e. The minimum absolute atomic E-state index is 0.0946. The van der Waals surface area contributed by atoms with Crippen LogP contribution in [0.2, 0.25) is 0 Å². The first-order valence-corrected chi connectivity index (χ1v) is 6.52. The van der Waals surface area contributed by atoms with E-state index in [0.29, 0.717) is 0 Å². The van der Waals surface area contributed by atoms with Gasteiger partial charge in [-0.05, 0) is 6.92 Å². The largest absolute Gasteiger partial charge is 0.463 e. The van der Waals surface area contributed by atoms with Crippen LogP contribution in [0.1, 0.15) is 27.7 Å². The number of carbonyl (C=O) groups excluding carboxylic acids is 3. The molecule has 0 aromatic rings. The van der Waals surface area contributed by atoms with Crippen LogP contribution in [0.25, 0.3) is 0 Å². The van der Waals surface area contributed by atoms with Gasteiger partial charge in [0.1, 0.15) is 19.5 Å². The lowest BCUT2D eigenvalue weighted by Crippen LogP contribution is -2.49. The quantitative estimate of drug-likeness (QED) is 0.536.